The molecule has 1 amide bonds. The molecule has 126 valence electrons. The van der Waals surface area contributed by atoms with Crippen molar-refractivity contribution in [3.63, 3.8) is 0 Å². The van der Waals surface area contributed by atoms with E-state index in [0.717, 1.165) is 10.4 Å². The first-order chi connectivity index (χ1) is 12.0. The maximum absolute atomic E-state index is 12.1. The fraction of sp³-hybridized carbons (Fsp3) is 0.118. The normalized spacial score (nSPS) is 16.5. The van der Waals surface area contributed by atoms with Gasteiger partial charge in [-0.1, -0.05) is 29.8 Å². The second kappa shape index (κ2) is 6.02. The second-order valence-corrected chi connectivity index (χ2v) is 7.08. The molecule has 0 unspecified atom stereocenters. The summed E-state index contributed by atoms with van der Waals surface area (Å²) in [6, 6.07) is 10.8. The summed E-state index contributed by atoms with van der Waals surface area (Å²) in [4.78, 5) is 17.6. The third kappa shape index (κ3) is 2.71. The molecule has 6 nitrogen and oxygen atoms in total. The number of hydrogen-bond acceptors (Lipinski definition) is 5. The summed E-state index contributed by atoms with van der Waals surface area (Å²) in [7, 11) is 0. The van der Waals surface area contributed by atoms with Crippen molar-refractivity contribution in [1.29, 1.82) is 0 Å². The lowest BCUT2D eigenvalue weighted by atomic mass is 10.0. The minimum absolute atomic E-state index is 0.394. The Balaban J connectivity index is 1.88. The average molecular weight is 372 g/mol. The van der Waals surface area contributed by atoms with E-state index in [0.29, 0.717) is 28.1 Å². The van der Waals surface area contributed by atoms with Crippen molar-refractivity contribution in [2.24, 2.45) is 5.73 Å². The highest BCUT2D eigenvalue weighted by molar-refractivity contribution is 7.10. The van der Waals surface area contributed by atoms with Crippen LogP contribution >= 0.6 is 22.9 Å². The van der Waals surface area contributed by atoms with Crippen molar-refractivity contribution in [3.8, 4) is 11.4 Å². The number of aromatic nitrogens is 3. The molecule has 8 heteroatoms. The van der Waals surface area contributed by atoms with Crippen LogP contribution in [-0.2, 0) is 4.79 Å². The number of allylic oxidation sites excluding steroid dienone is 1. The van der Waals surface area contributed by atoms with Crippen LogP contribution < -0.4 is 11.1 Å². The zero-order valence-electron chi connectivity index (χ0n) is 13.2. The maximum atomic E-state index is 12.1. The highest BCUT2D eigenvalue weighted by Gasteiger charge is 2.33. The monoisotopic (exact) mass is 371 g/mol. The van der Waals surface area contributed by atoms with E-state index in [1.807, 2.05) is 36.6 Å². The van der Waals surface area contributed by atoms with Crippen molar-refractivity contribution in [3.05, 3.63) is 62.9 Å². The van der Waals surface area contributed by atoms with Gasteiger partial charge in [-0.2, -0.15) is 4.98 Å². The Bertz CT molecular complexity index is 992. The van der Waals surface area contributed by atoms with Gasteiger partial charge in [-0.3, -0.25) is 4.79 Å². The van der Waals surface area contributed by atoms with E-state index < -0.39 is 11.9 Å². The molecular formula is C17H14ClN5OS. The molecule has 4 rings (SSSR count). The van der Waals surface area contributed by atoms with E-state index >= 15 is 0 Å². The van der Waals surface area contributed by atoms with Crippen molar-refractivity contribution in [2.45, 2.75) is 13.0 Å². The number of rotatable bonds is 3. The number of fused-ring (bicyclic) bond motifs is 1. The number of benzene rings is 1. The quantitative estimate of drug-likeness (QED) is 0.738. The number of carbonyl (C=O) groups is 1. The number of nitrogens with zero attached hydrogens (tertiary/aromatic N) is 3. The minimum Gasteiger partial charge on any atom is -0.366 e. The van der Waals surface area contributed by atoms with Crippen LogP contribution in [0.15, 0.2) is 53.0 Å². The van der Waals surface area contributed by atoms with Crippen LogP contribution in [0.1, 0.15) is 17.8 Å². The molecular weight excluding hydrogens is 358 g/mol. The third-order valence-corrected chi connectivity index (χ3v) is 5.17. The fourth-order valence-electron chi connectivity index (χ4n) is 2.93. The standard InChI is InChI=1S/C17H14ClN5OS/c1-9-13(15(19)24)14(12-6-3-7-25-12)23-17(20-9)21-16(22-23)10-4-2-5-11(18)8-10/h2-8,14H,1H3,(H2,19,24)(H,20,21,22)/t14-/m0/s1. The Morgan fingerprint density at radius 1 is 1.36 bits per heavy atom. The van der Waals surface area contributed by atoms with Gasteiger partial charge >= 0.3 is 0 Å². The fourth-order valence-corrected chi connectivity index (χ4v) is 3.94. The lowest BCUT2D eigenvalue weighted by Gasteiger charge is -2.26. The second-order valence-electron chi connectivity index (χ2n) is 5.66. The third-order valence-electron chi connectivity index (χ3n) is 4.01. The van der Waals surface area contributed by atoms with Gasteiger partial charge < -0.3 is 11.1 Å². The van der Waals surface area contributed by atoms with Crippen molar-refractivity contribution >= 4 is 34.8 Å². The highest BCUT2D eigenvalue weighted by atomic mass is 35.5. The van der Waals surface area contributed by atoms with Gasteiger partial charge in [-0.15, -0.1) is 16.4 Å². The molecule has 0 spiro atoms. The van der Waals surface area contributed by atoms with E-state index in [-0.39, 0.29) is 0 Å². The first-order valence-electron chi connectivity index (χ1n) is 7.58. The van der Waals surface area contributed by atoms with Gasteiger partial charge in [0.1, 0.15) is 6.04 Å². The van der Waals surface area contributed by atoms with E-state index in [9.17, 15) is 4.79 Å². The van der Waals surface area contributed by atoms with Crippen molar-refractivity contribution in [2.75, 3.05) is 5.32 Å². The van der Waals surface area contributed by atoms with E-state index in [1.54, 1.807) is 28.2 Å². The molecule has 0 saturated carbocycles. The van der Waals surface area contributed by atoms with Crippen LogP contribution in [0.4, 0.5) is 5.95 Å². The van der Waals surface area contributed by atoms with Crippen LogP contribution in [0.2, 0.25) is 5.02 Å². The first kappa shape index (κ1) is 15.9. The number of carbonyl (C=O) groups excluding carboxylic acids is 1. The number of nitrogens with two attached hydrogens (primary N) is 1. The van der Waals surface area contributed by atoms with Crippen molar-refractivity contribution < 1.29 is 4.79 Å². The number of anilines is 1. The van der Waals surface area contributed by atoms with Crippen LogP contribution in [0.25, 0.3) is 11.4 Å². The zero-order chi connectivity index (χ0) is 17.6. The summed E-state index contributed by atoms with van der Waals surface area (Å²) >= 11 is 7.62. The molecule has 25 heavy (non-hydrogen) atoms. The van der Waals surface area contributed by atoms with E-state index in [4.69, 9.17) is 17.3 Å². The van der Waals surface area contributed by atoms with Gasteiger partial charge in [-0.05, 0) is 30.5 Å². The summed E-state index contributed by atoms with van der Waals surface area (Å²) < 4.78 is 1.70. The number of thiophene rings is 1. The van der Waals surface area contributed by atoms with E-state index in [1.165, 1.54) is 0 Å². The van der Waals surface area contributed by atoms with Gasteiger partial charge in [-0.25, -0.2) is 4.68 Å². The van der Waals surface area contributed by atoms with Gasteiger partial charge in [0.05, 0.1) is 5.57 Å². The Labute approximate surface area is 152 Å². The SMILES string of the molecule is CC1=C(C(N)=O)[C@H](c2cccs2)n2nc(-c3cccc(Cl)c3)nc2N1. The molecule has 0 radical (unpaired) electrons. The number of amides is 1. The largest absolute Gasteiger partial charge is 0.366 e. The molecule has 1 atom stereocenters. The Morgan fingerprint density at radius 3 is 2.88 bits per heavy atom. The Hall–Kier alpha value is -2.64. The maximum Gasteiger partial charge on any atom is 0.248 e. The minimum atomic E-state index is -0.478. The molecule has 1 aliphatic heterocycles. The molecule has 0 aliphatic carbocycles. The van der Waals surface area contributed by atoms with Crippen LogP contribution in [0.3, 0.4) is 0 Å². The molecule has 3 N–H and O–H groups in total. The van der Waals surface area contributed by atoms with Crippen LogP contribution in [0.5, 0.6) is 0 Å². The number of hydrogen-bond donors (Lipinski definition) is 2. The highest BCUT2D eigenvalue weighted by Crippen LogP contribution is 2.37. The molecule has 2 aromatic heterocycles. The van der Waals surface area contributed by atoms with Gasteiger partial charge in [0, 0.05) is 21.2 Å². The topological polar surface area (TPSA) is 85.8 Å². The molecule has 1 aliphatic rings. The average Bonchev–Trinajstić information content (AvgIpc) is 3.22. The lowest BCUT2D eigenvalue weighted by Crippen LogP contribution is -2.31. The van der Waals surface area contributed by atoms with E-state index in [2.05, 4.69) is 15.4 Å². The van der Waals surface area contributed by atoms with Crippen molar-refractivity contribution in [1.82, 2.24) is 14.8 Å². The van der Waals surface area contributed by atoms with Crippen LogP contribution in [0, 0.1) is 0 Å². The molecule has 3 heterocycles. The number of primary amides is 1. The smallest absolute Gasteiger partial charge is 0.248 e. The molecule has 3 aromatic rings. The predicted octanol–water partition coefficient (Wildman–Crippen LogP) is 3.43. The zero-order valence-corrected chi connectivity index (χ0v) is 14.8. The lowest BCUT2D eigenvalue weighted by molar-refractivity contribution is -0.115. The summed E-state index contributed by atoms with van der Waals surface area (Å²) in [5.41, 5.74) is 7.61. The van der Waals surface area contributed by atoms with Gasteiger partial charge in [0.2, 0.25) is 11.9 Å². The summed E-state index contributed by atoms with van der Waals surface area (Å²) in [6.45, 7) is 1.82. The molecule has 1 aromatic carbocycles. The molecule has 0 saturated heterocycles. The Morgan fingerprint density at radius 2 is 2.20 bits per heavy atom. The van der Waals surface area contributed by atoms with Gasteiger partial charge in [0.25, 0.3) is 0 Å². The Kier molecular flexibility index (Phi) is 3.82. The van der Waals surface area contributed by atoms with Crippen LogP contribution in [-0.4, -0.2) is 20.7 Å². The molecule has 0 bridgehead atoms. The first-order valence-corrected chi connectivity index (χ1v) is 8.84. The predicted molar refractivity (Wildman–Crippen MR) is 98.4 cm³/mol. The summed E-state index contributed by atoms with van der Waals surface area (Å²) in [5, 5.41) is 10.3. The summed E-state index contributed by atoms with van der Waals surface area (Å²) in [5.74, 6) is 0.620. The van der Waals surface area contributed by atoms with Gasteiger partial charge in [0.15, 0.2) is 5.82 Å². The molecule has 0 fully saturated rings. The number of halogens is 1. The summed E-state index contributed by atoms with van der Waals surface area (Å²) in [6.07, 6.45) is 0. The number of nitrogens with one attached hydrogen (secondary N) is 1.